The van der Waals surface area contributed by atoms with Gasteiger partial charge in [0.1, 0.15) is 11.7 Å². The molecule has 1 heterocycles. The highest BCUT2D eigenvalue weighted by Gasteiger charge is 2.20. The van der Waals surface area contributed by atoms with Crippen LogP contribution in [0.1, 0.15) is 22.8 Å². The molecule has 0 unspecified atom stereocenters. The second-order valence-electron chi connectivity index (χ2n) is 6.41. The van der Waals surface area contributed by atoms with Crippen molar-refractivity contribution in [2.75, 3.05) is 39.8 Å². The van der Waals surface area contributed by atoms with Gasteiger partial charge in [0, 0.05) is 31.7 Å². The summed E-state index contributed by atoms with van der Waals surface area (Å²) in [5.41, 5.74) is 1.94. The number of piperazine rings is 1. The number of methoxy groups -OCH3 is 1. The van der Waals surface area contributed by atoms with Crippen molar-refractivity contribution in [2.45, 2.75) is 6.92 Å². The Hall–Kier alpha value is -2.73. The van der Waals surface area contributed by atoms with Crippen LogP contribution < -0.4 is 0 Å². The summed E-state index contributed by atoms with van der Waals surface area (Å²) in [5.74, 6) is 0.0990. The minimum absolute atomic E-state index is 0.313. The largest absolute Gasteiger partial charge is 0.465 e. The number of ether oxygens (including phenoxy) is 1. The molecule has 1 saturated heterocycles. The number of nitrogens with zero attached hydrogens (tertiary/aromatic N) is 3. The maximum Gasteiger partial charge on any atom is 0.337 e. The van der Waals surface area contributed by atoms with Crippen molar-refractivity contribution in [3.8, 4) is 0 Å². The molecule has 0 N–H and O–H groups in total. The fourth-order valence-electron chi connectivity index (χ4n) is 3.13. The van der Waals surface area contributed by atoms with E-state index in [1.807, 2.05) is 12.1 Å². The Balaban J connectivity index is 1.93. The summed E-state index contributed by atoms with van der Waals surface area (Å²) in [4.78, 5) is 21.0. The molecule has 2 aromatic carbocycles. The molecule has 0 saturated carbocycles. The average molecular weight is 369 g/mol. The third-order valence-electron chi connectivity index (χ3n) is 4.73. The fraction of sp³-hybridized carbons (Fsp3) is 0.333. The maximum absolute atomic E-state index is 13.6. The summed E-state index contributed by atoms with van der Waals surface area (Å²) < 4.78 is 18.4. The Morgan fingerprint density at radius 1 is 1.07 bits per heavy atom. The van der Waals surface area contributed by atoms with E-state index >= 15 is 0 Å². The SMILES string of the molecule is CCN1CCN(/C(=N/c2cccc(F)c2)c2ccc(C(=O)OC)cc2)CC1. The molecule has 0 amide bonds. The number of likely N-dealkylation sites (N-methyl/N-ethyl adjacent to an activating group) is 1. The van der Waals surface area contributed by atoms with E-state index in [1.165, 1.54) is 19.2 Å². The minimum atomic E-state index is -0.373. The third-order valence-corrected chi connectivity index (χ3v) is 4.73. The van der Waals surface area contributed by atoms with E-state index in [-0.39, 0.29) is 11.8 Å². The van der Waals surface area contributed by atoms with Gasteiger partial charge in [-0.2, -0.15) is 0 Å². The molecule has 0 bridgehead atoms. The number of halogens is 1. The number of hydrogen-bond acceptors (Lipinski definition) is 4. The number of esters is 1. The van der Waals surface area contributed by atoms with E-state index in [9.17, 15) is 9.18 Å². The molecular formula is C21H24FN3O2. The number of hydrogen-bond donors (Lipinski definition) is 0. The zero-order chi connectivity index (χ0) is 19.2. The monoisotopic (exact) mass is 369 g/mol. The summed E-state index contributed by atoms with van der Waals surface area (Å²) in [5, 5.41) is 0. The molecule has 1 aliphatic heterocycles. The Morgan fingerprint density at radius 2 is 1.74 bits per heavy atom. The van der Waals surface area contributed by atoms with Crippen LogP contribution in [0.15, 0.2) is 53.5 Å². The van der Waals surface area contributed by atoms with E-state index in [0.29, 0.717) is 11.3 Å². The molecule has 3 rings (SSSR count). The van der Waals surface area contributed by atoms with E-state index in [2.05, 4.69) is 16.7 Å². The topological polar surface area (TPSA) is 45.1 Å². The number of amidine groups is 1. The van der Waals surface area contributed by atoms with Crippen molar-refractivity contribution in [1.82, 2.24) is 9.80 Å². The first-order chi connectivity index (χ1) is 13.1. The summed E-state index contributed by atoms with van der Waals surface area (Å²) in [6.07, 6.45) is 0. The van der Waals surface area contributed by atoms with Crippen LogP contribution >= 0.6 is 0 Å². The normalized spacial score (nSPS) is 15.7. The van der Waals surface area contributed by atoms with Crippen molar-refractivity contribution >= 4 is 17.5 Å². The van der Waals surface area contributed by atoms with E-state index in [4.69, 9.17) is 9.73 Å². The van der Waals surface area contributed by atoms with Crippen molar-refractivity contribution in [3.63, 3.8) is 0 Å². The highest BCUT2D eigenvalue weighted by molar-refractivity contribution is 6.01. The van der Waals surface area contributed by atoms with Gasteiger partial charge in [0.2, 0.25) is 0 Å². The molecule has 5 nitrogen and oxygen atoms in total. The van der Waals surface area contributed by atoms with Gasteiger partial charge in [0.25, 0.3) is 0 Å². The van der Waals surface area contributed by atoms with Crippen LogP contribution in [0.4, 0.5) is 10.1 Å². The number of carbonyl (C=O) groups excluding carboxylic acids is 1. The second-order valence-corrected chi connectivity index (χ2v) is 6.41. The summed E-state index contributed by atoms with van der Waals surface area (Å²) >= 11 is 0. The summed E-state index contributed by atoms with van der Waals surface area (Å²) in [7, 11) is 1.36. The fourth-order valence-corrected chi connectivity index (χ4v) is 3.13. The highest BCUT2D eigenvalue weighted by Crippen LogP contribution is 2.19. The van der Waals surface area contributed by atoms with Crippen molar-refractivity contribution < 1.29 is 13.9 Å². The van der Waals surface area contributed by atoms with Gasteiger partial charge in [-0.1, -0.05) is 25.1 Å². The Labute approximate surface area is 159 Å². The number of carbonyl (C=O) groups is 1. The van der Waals surface area contributed by atoms with Crippen LogP contribution in [0.3, 0.4) is 0 Å². The molecular weight excluding hydrogens is 345 g/mol. The van der Waals surface area contributed by atoms with Gasteiger partial charge in [-0.3, -0.25) is 0 Å². The van der Waals surface area contributed by atoms with Gasteiger partial charge in [-0.05, 0) is 36.9 Å². The zero-order valence-corrected chi connectivity index (χ0v) is 15.7. The van der Waals surface area contributed by atoms with Gasteiger partial charge >= 0.3 is 5.97 Å². The lowest BCUT2D eigenvalue weighted by Gasteiger charge is -2.36. The van der Waals surface area contributed by atoms with Crippen LogP contribution in [0.25, 0.3) is 0 Å². The molecule has 6 heteroatoms. The number of rotatable bonds is 4. The maximum atomic E-state index is 13.6. The molecule has 0 atom stereocenters. The molecule has 0 aromatic heterocycles. The lowest BCUT2D eigenvalue weighted by Crippen LogP contribution is -2.48. The standard InChI is InChI=1S/C21H24FN3O2/c1-3-24-11-13-25(14-12-24)20(23-19-6-4-5-18(22)15-19)16-7-9-17(10-8-16)21(26)27-2/h4-10,15H,3,11-14H2,1-2H3/b23-20+. The van der Waals surface area contributed by atoms with Crippen molar-refractivity contribution in [1.29, 1.82) is 0 Å². The van der Waals surface area contributed by atoms with E-state index in [0.717, 1.165) is 44.1 Å². The minimum Gasteiger partial charge on any atom is -0.465 e. The molecule has 2 aromatic rings. The van der Waals surface area contributed by atoms with Crippen LogP contribution in [0.2, 0.25) is 0 Å². The smallest absolute Gasteiger partial charge is 0.337 e. The molecule has 1 aliphatic rings. The summed E-state index contributed by atoms with van der Waals surface area (Å²) in [6.45, 7) is 6.79. The first-order valence-electron chi connectivity index (χ1n) is 9.11. The van der Waals surface area contributed by atoms with Gasteiger partial charge in [-0.15, -0.1) is 0 Å². The van der Waals surface area contributed by atoms with E-state index in [1.54, 1.807) is 24.3 Å². The molecule has 27 heavy (non-hydrogen) atoms. The highest BCUT2D eigenvalue weighted by atomic mass is 19.1. The summed E-state index contributed by atoms with van der Waals surface area (Å²) in [6, 6.07) is 13.4. The third kappa shape index (κ3) is 4.71. The second kappa shape index (κ2) is 8.77. The quantitative estimate of drug-likeness (QED) is 0.471. The first kappa shape index (κ1) is 19.0. The molecule has 0 aliphatic carbocycles. The predicted octanol–water partition coefficient (Wildman–Crippen LogP) is 3.33. The average Bonchev–Trinajstić information content (AvgIpc) is 2.72. The number of aliphatic imine (C=N–C) groups is 1. The Morgan fingerprint density at radius 3 is 2.33 bits per heavy atom. The van der Waals surface area contributed by atoms with Gasteiger partial charge in [0.05, 0.1) is 18.4 Å². The first-order valence-corrected chi connectivity index (χ1v) is 9.11. The molecule has 1 fully saturated rings. The van der Waals surface area contributed by atoms with Crippen LogP contribution in [0, 0.1) is 5.82 Å². The van der Waals surface area contributed by atoms with Crippen LogP contribution in [0.5, 0.6) is 0 Å². The Kier molecular flexibility index (Phi) is 6.19. The van der Waals surface area contributed by atoms with Crippen LogP contribution in [-0.4, -0.2) is 61.4 Å². The van der Waals surface area contributed by atoms with E-state index < -0.39 is 0 Å². The van der Waals surface area contributed by atoms with Gasteiger partial charge in [-0.25, -0.2) is 14.2 Å². The van der Waals surface area contributed by atoms with Gasteiger partial charge in [0.15, 0.2) is 0 Å². The Bertz CT molecular complexity index is 812. The van der Waals surface area contributed by atoms with Crippen LogP contribution in [-0.2, 0) is 4.74 Å². The lowest BCUT2D eigenvalue weighted by atomic mass is 10.1. The lowest BCUT2D eigenvalue weighted by molar-refractivity contribution is 0.0600. The van der Waals surface area contributed by atoms with Gasteiger partial charge < -0.3 is 14.5 Å². The zero-order valence-electron chi connectivity index (χ0n) is 15.7. The number of benzene rings is 2. The molecule has 0 spiro atoms. The molecule has 0 radical (unpaired) electrons. The molecule has 142 valence electrons. The van der Waals surface area contributed by atoms with Crippen molar-refractivity contribution in [3.05, 3.63) is 65.5 Å². The van der Waals surface area contributed by atoms with Crippen molar-refractivity contribution in [2.24, 2.45) is 4.99 Å². The predicted molar refractivity (Wildman–Crippen MR) is 104 cm³/mol.